The number of H-pyrrole nitrogens is 1. The van der Waals surface area contributed by atoms with E-state index < -0.39 is 0 Å². The molecule has 0 spiro atoms. The molecule has 0 saturated carbocycles. The number of rotatable bonds is 6. The third-order valence-corrected chi connectivity index (χ3v) is 4.69. The molecule has 0 aromatic carbocycles. The lowest BCUT2D eigenvalue weighted by Gasteiger charge is -2.22. The highest BCUT2D eigenvalue weighted by Gasteiger charge is 2.31. The molecule has 1 heterocycles. The zero-order valence-corrected chi connectivity index (χ0v) is 15.7. The van der Waals surface area contributed by atoms with Crippen molar-refractivity contribution >= 4 is 0 Å². The van der Waals surface area contributed by atoms with Crippen LogP contribution in [0, 0.1) is 5.92 Å². The molecule has 0 fully saturated rings. The van der Waals surface area contributed by atoms with Gasteiger partial charge in [-0.1, -0.05) is 75.2 Å². The maximum absolute atomic E-state index is 5.05. The van der Waals surface area contributed by atoms with E-state index in [1.165, 1.54) is 36.5 Å². The van der Waals surface area contributed by atoms with Gasteiger partial charge >= 0.3 is 0 Å². The first-order valence-corrected chi connectivity index (χ1v) is 8.61. The lowest BCUT2D eigenvalue weighted by Crippen LogP contribution is -2.20. The monoisotopic (exact) mass is 292 g/mol. The van der Waals surface area contributed by atoms with Gasteiger partial charge in [0, 0.05) is 22.4 Å². The Morgan fingerprint density at radius 1 is 1.05 bits per heavy atom. The Kier molecular flexibility index (Phi) is 5.69. The number of nitrogens with zero attached hydrogens (tertiary/aromatic N) is 1. The Labute approximate surface area is 132 Å². The zero-order valence-electron chi connectivity index (χ0n) is 15.7. The van der Waals surface area contributed by atoms with Crippen molar-refractivity contribution in [1.29, 1.82) is 0 Å². The van der Waals surface area contributed by atoms with Gasteiger partial charge in [-0.05, 0) is 12.3 Å². The number of imidazole rings is 1. The summed E-state index contributed by atoms with van der Waals surface area (Å²) in [6.07, 6.45) is 3.69. The number of aromatic nitrogens is 2. The van der Waals surface area contributed by atoms with Crippen molar-refractivity contribution in [1.82, 2.24) is 9.97 Å². The van der Waals surface area contributed by atoms with Crippen LogP contribution in [0.2, 0.25) is 0 Å². The fourth-order valence-electron chi connectivity index (χ4n) is 2.68. The fraction of sp³-hybridized carbons (Fsp3) is 0.842. The van der Waals surface area contributed by atoms with E-state index in [2.05, 4.69) is 67.3 Å². The van der Waals surface area contributed by atoms with Crippen LogP contribution in [0.5, 0.6) is 0 Å². The SMILES string of the molecule is CCCCC(C)(C)c1nc(C(C)(C)C)c(C(C)C(C)C)[nH]1. The van der Waals surface area contributed by atoms with Gasteiger partial charge in [0.05, 0.1) is 5.69 Å². The van der Waals surface area contributed by atoms with E-state index in [0.29, 0.717) is 11.8 Å². The van der Waals surface area contributed by atoms with E-state index in [-0.39, 0.29) is 10.8 Å². The maximum atomic E-state index is 5.05. The predicted molar refractivity (Wildman–Crippen MR) is 93.1 cm³/mol. The molecule has 2 heteroatoms. The molecule has 0 bridgehead atoms. The smallest absolute Gasteiger partial charge is 0.112 e. The van der Waals surface area contributed by atoms with Gasteiger partial charge in [0.25, 0.3) is 0 Å². The van der Waals surface area contributed by atoms with Crippen molar-refractivity contribution in [3.63, 3.8) is 0 Å². The lowest BCUT2D eigenvalue weighted by molar-refractivity contribution is 0.431. The van der Waals surface area contributed by atoms with Crippen molar-refractivity contribution in [2.45, 2.75) is 98.3 Å². The average molecular weight is 293 g/mol. The number of nitrogens with one attached hydrogen (secondary N) is 1. The highest BCUT2D eigenvalue weighted by atomic mass is 15.0. The van der Waals surface area contributed by atoms with Crippen LogP contribution in [0.25, 0.3) is 0 Å². The van der Waals surface area contributed by atoms with Crippen molar-refractivity contribution < 1.29 is 0 Å². The minimum Gasteiger partial charge on any atom is -0.345 e. The van der Waals surface area contributed by atoms with E-state index in [0.717, 1.165) is 0 Å². The molecule has 0 amide bonds. The summed E-state index contributed by atoms with van der Waals surface area (Å²) in [6, 6.07) is 0. The normalized spacial score (nSPS) is 14.8. The van der Waals surface area contributed by atoms with Crippen molar-refractivity contribution in [3.05, 3.63) is 17.2 Å². The molecule has 1 unspecified atom stereocenters. The number of unbranched alkanes of at least 4 members (excludes halogenated alkanes) is 1. The first-order valence-electron chi connectivity index (χ1n) is 8.61. The molecule has 1 rings (SSSR count). The van der Waals surface area contributed by atoms with Crippen LogP contribution in [-0.4, -0.2) is 9.97 Å². The largest absolute Gasteiger partial charge is 0.345 e. The van der Waals surface area contributed by atoms with Crippen LogP contribution in [0.15, 0.2) is 0 Å². The van der Waals surface area contributed by atoms with Gasteiger partial charge in [0.1, 0.15) is 5.82 Å². The molecule has 2 nitrogen and oxygen atoms in total. The summed E-state index contributed by atoms with van der Waals surface area (Å²) < 4.78 is 0. The molecular formula is C19H36N2. The molecule has 0 radical (unpaired) electrons. The molecular weight excluding hydrogens is 256 g/mol. The molecule has 0 aliphatic rings. The molecule has 122 valence electrons. The van der Waals surface area contributed by atoms with Gasteiger partial charge in [-0.2, -0.15) is 0 Å². The Hall–Kier alpha value is -0.790. The van der Waals surface area contributed by atoms with Gasteiger partial charge in [-0.3, -0.25) is 0 Å². The molecule has 0 aliphatic carbocycles. The van der Waals surface area contributed by atoms with Crippen LogP contribution >= 0.6 is 0 Å². The molecule has 1 N–H and O–H groups in total. The predicted octanol–water partition coefficient (Wildman–Crippen LogP) is 5.93. The zero-order chi connectivity index (χ0) is 16.4. The Morgan fingerprint density at radius 3 is 2.05 bits per heavy atom. The molecule has 1 atom stereocenters. The number of hydrogen-bond donors (Lipinski definition) is 1. The Morgan fingerprint density at radius 2 is 1.62 bits per heavy atom. The summed E-state index contributed by atoms with van der Waals surface area (Å²) in [7, 11) is 0. The van der Waals surface area contributed by atoms with E-state index in [1.54, 1.807) is 0 Å². The summed E-state index contributed by atoms with van der Waals surface area (Å²) >= 11 is 0. The Bertz CT molecular complexity index is 447. The highest BCUT2D eigenvalue weighted by Crippen LogP contribution is 2.36. The van der Waals surface area contributed by atoms with Crippen LogP contribution in [0.1, 0.15) is 105 Å². The number of aromatic amines is 1. The van der Waals surface area contributed by atoms with Crippen LogP contribution in [0.4, 0.5) is 0 Å². The minimum atomic E-state index is 0.0913. The van der Waals surface area contributed by atoms with E-state index in [1.807, 2.05) is 0 Å². The second-order valence-corrected chi connectivity index (χ2v) is 8.62. The number of hydrogen-bond acceptors (Lipinski definition) is 1. The summed E-state index contributed by atoms with van der Waals surface area (Å²) in [5, 5.41) is 0. The Balaban J connectivity index is 3.26. The highest BCUT2D eigenvalue weighted by molar-refractivity contribution is 5.28. The minimum absolute atomic E-state index is 0.0913. The van der Waals surface area contributed by atoms with Gasteiger partial charge in [-0.25, -0.2) is 4.98 Å². The van der Waals surface area contributed by atoms with E-state index >= 15 is 0 Å². The molecule has 1 aromatic heterocycles. The third kappa shape index (κ3) is 4.34. The van der Waals surface area contributed by atoms with Crippen molar-refractivity contribution in [3.8, 4) is 0 Å². The van der Waals surface area contributed by atoms with Crippen LogP contribution in [0.3, 0.4) is 0 Å². The van der Waals surface area contributed by atoms with Gasteiger partial charge in [0.2, 0.25) is 0 Å². The van der Waals surface area contributed by atoms with Crippen LogP contribution in [-0.2, 0) is 10.8 Å². The lowest BCUT2D eigenvalue weighted by atomic mass is 9.84. The van der Waals surface area contributed by atoms with Crippen LogP contribution < -0.4 is 0 Å². The topological polar surface area (TPSA) is 28.7 Å². The quantitative estimate of drug-likeness (QED) is 0.691. The summed E-state index contributed by atoms with van der Waals surface area (Å²) in [5.74, 6) is 2.31. The van der Waals surface area contributed by atoms with Gasteiger partial charge < -0.3 is 4.98 Å². The first-order chi connectivity index (χ1) is 9.50. The summed E-state index contributed by atoms with van der Waals surface area (Å²) in [6.45, 7) is 20.6. The summed E-state index contributed by atoms with van der Waals surface area (Å²) in [5.41, 5.74) is 2.82. The van der Waals surface area contributed by atoms with E-state index in [4.69, 9.17) is 4.98 Å². The van der Waals surface area contributed by atoms with E-state index in [9.17, 15) is 0 Å². The second-order valence-electron chi connectivity index (χ2n) is 8.62. The average Bonchev–Trinajstić information content (AvgIpc) is 2.80. The van der Waals surface area contributed by atoms with Crippen molar-refractivity contribution in [2.24, 2.45) is 5.92 Å². The maximum Gasteiger partial charge on any atom is 0.112 e. The standard InChI is InChI=1S/C19H36N2/c1-10-11-12-19(8,9)17-20-15(14(4)13(2)3)16(21-17)18(5,6)7/h13-14H,10-12H2,1-9H3,(H,20,21). The molecule has 0 saturated heterocycles. The van der Waals surface area contributed by atoms with Crippen molar-refractivity contribution in [2.75, 3.05) is 0 Å². The molecule has 0 aliphatic heterocycles. The van der Waals surface area contributed by atoms with Gasteiger partial charge in [-0.15, -0.1) is 0 Å². The van der Waals surface area contributed by atoms with Gasteiger partial charge in [0.15, 0.2) is 0 Å². The first kappa shape index (κ1) is 18.3. The fourth-order valence-corrected chi connectivity index (χ4v) is 2.68. The molecule has 1 aromatic rings. The summed E-state index contributed by atoms with van der Waals surface area (Å²) in [4.78, 5) is 8.76. The molecule has 21 heavy (non-hydrogen) atoms. The third-order valence-electron chi connectivity index (χ3n) is 4.69. The second kappa shape index (κ2) is 6.54.